The minimum Gasteiger partial charge on any atom is -0.316 e. The molecule has 2 N–H and O–H groups in total. The number of nitrogens with one attached hydrogen (secondary N) is 2. The van der Waals surface area contributed by atoms with E-state index < -0.39 is 0 Å². The molecule has 2 aliphatic heterocycles. The van der Waals surface area contributed by atoms with Crippen LogP contribution in [0.2, 0.25) is 0 Å². The van der Waals surface area contributed by atoms with Gasteiger partial charge in [-0.05, 0) is 25.8 Å². The van der Waals surface area contributed by atoms with Crippen LogP contribution in [0.1, 0.15) is 19.3 Å². The first-order chi connectivity index (χ1) is 5.41. The van der Waals surface area contributed by atoms with Crippen molar-refractivity contribution in [1.29, 1.82) is 0 Å². The number of piperidine rings is 1. The van der Waals surface area contributed by atoms with Gasteiger partial charge in [0.2, 0.25) is 0 Å². The zero-order chi connectivity index (χ0) is 7.57. The lowest BCUT2D eigenvalue weighted by molar-refractivity contribution is 0.276. The van der Waals surface area contributed by atoms with Crippen LogP contribution in [0.25, 0.3) is 0 Å². The zero-order valence-electron chi connectivity index (χ0n) is 6.77. The van der Waals surface area contributed by atoms with E-state index >= 15 is 0 Å². The van der Waals surface area contributed by atoms with E-state index in [9.17, 15) is 0 Å². The SMILES string of the molecule is C1=NNCCC12CCCNC2. The summed E-state index contributed by atoms with van der Waals surface area (Å²) in [4.78, 5) is 0. The lowest BCUT2D eigenvalue weighted by Crippen LogP contribution is -2.44. The predicted octanol–water partition coefficient (Wildman–Crippen LogP) is 0.335. The third kappa shape index (κ3) is 1.38. The Labute approximate surface area is 67.2 Å². The topological polar surface area (TPSA) is 36.4 Å². The summed E-state index contributed by atoms with van der Waals surface area (Å²) in [5.41, 5.74) is 3.39. The second-order valence-electron chi connectivity index (χ2n) is 3.56. The fourth-order valence-corrected chi connectivity index (χ4v) is 1.93. The summed E-state index contributed by atoms with van der Waals surface area (Å²) in [5, 5.41) is 7.57. The van der Waals surface area contributed by atoms with Crippen molar-refractivity contribution in [3.8, 4) is 0 Å². The number of hydrogen-bond acceptors (Lipinski definition) is 3. The minimum absolute atomic E-state index is 0.392. The molecule has 3 nitrogen and oxygen atoms in total. The Morgan fingerprint density at radius 2 is 2.27 bits per heavy atom. The molecule has 2 aliphatic rings. The molecular weight excluding hydrogens is 138 g/mol. The maximum atomic E-state index is 4.14. The predicted molar refractivity (Wildman–Crippen MR) is 45.6 cm³/mol. The second kappa shape index (κ2) is 2.81. The zero-order valence-corrected chi connectivity index (χ0v) is 6.77. The van der Waals surface area contributed by atoms with Crippen molar-refractivity contribution in [3.05, 3.63) is 0 Å². The molecule has 0 aromatic heterocycles. The van der Waals surface area contributed by atoms with Crippen molar-refractivity contribution in [3.63, 3.8) is 0 Å². The molecule has 1 spiro atoms. The standard InChI is InChI=1S/C8H15N3/c1-2-8(6-9-4-1)3-5-10-11-7-8/h7,9-10H,1-6H2. The molecule has 0 aromatic rings. The van der Waals surface area contributed by atoms with E-state index in [1.807, 2.05) is 0 Å². The van der Waals surface area contributed by atoms with Gasteiger partial charge in [-0.2, -0.15) is 5.10 Å². The lowest BCUT2D eigenvalue weighted by atomic mass is 9.78. The Morgan fingerprint density at radius 3 is 2.91 bits per heavy atom. The molecule has 62 valence electrons. The van der Waals surface area contributed by atoms with E-state index in [0.717, 1.165) is 13.1 Å². The van der Waals surface area contributed by atoms with E-state index in [1.54, 1.807) is 0 Å². The van der Waals surface area contributed by atoms with E-state index in [4.69, 9.17) is 0 Å². The van der Waals surface area contributed by atoms with Crippen LogP contribution in [0.15, 0.2) is 5.10 Å². The molecule has 1 saturated heterocycles. The molecule has 11 heavy (non-hydrogen) atoms. The second-order valence-corrected chi connectivity index (χ2v) is 3.56. The minimum atomic E-state index is 0.392. The van der Waals surface area contributed by atoms with Crippen molar-refractivity contribution < 1.29 is 0 Å². The number of hydrazone groups is 1. The van der Waals surface area contributed by atoms with Gasteiger partial charge in [-0.15, -0.1) is 0 Å². The largest absolute Gasteiger partial charge is 0.316 e. The summed E-state index contributed by atoms with van der Waals surface area (Å²) in [5.74, 6) is 0. The van der Waals surface area contributed by atoms with E-state index in [2.05, 4.69) is 22.1 Å². The van der Waals surface area contributed by atoms with Crippen molar-refractivity contribution in [1.82, 2.24) is 10.7 Å². The van der Waals surface area contributed by atoms with E-state index in [0.29, 0.717) is 5.41 Å². The van der Waals surface area contributed by atoms with Crippen molar-refractivity contribution >= 4 is 6.21 Å². The van der Waals surface area contributed by atoms with E-state index in [-0.39, 0.29) is 0 Å². The lowest BCUT2D eigenvalue weighted by Gasteiger charge is -2.36. The molecule has 1 fully saturated rings. The summed E-state index contributed by atoms with van der Waals surface area (Å²) in [6.07, 6.45) is 5.95. The van der Waals surface area contributed by atoms with Gasteiger partial charge in [-0.25, -0.2) is 0 Å². The summed E-state index contributed by atoms with van der Waals surface area (Å²) in [7, 11) is 0. The summed E-state index contributed by atoms with van der Waals surface area (Å²) < 4.78 is 0. The highest BCUT2D eigenvalue weighted by Gasteiger charge is 2.31. The van der Waals surface area contributed by atoms with Crippen LogP contribution >= 0.6 is 0 Å². The van der Waals surface area contributed by atoms with Crippen LogP contribution in [0.5, 0.6) is 0 Å². The Hall–Kier alpha value is -0.570. The van der Waals surface area contributed by atoms with Crippen molar-refractivity contribution in [2.75, 3.05) is 19.6 Å². The average molecular weight is 153 g/mol. The number of hydrogen-bond donors (Lipinski definition) is 2. The third-order valence-corrected chi connectivity index (χ3v) is 2.67. The number of rotatable bonds is 0. The van der Waals surface area contributed by atoms with Crippen LogP contribution in [-0.4, -0.2) is 25.8 Å². The number of nitrogens with zero attached hydrogens (tertiary/aromatic N) is 1. The first-order valence-electron chi connectivity index (χ1n) is 4.39. The van der Waals surface area contributed by atoms with Crippen LogP contribution in [0.3, 0.4) is 0 Å². The maximum Gasteiger partial charge on any atom is 0.0338 e. The molecule has 0 aromatic carbocycles. The molecule has 2 heterocycles. The first-order valence-corrected chi connectivity index (χ1v) is 4.39. The quantitative estimate of drug-likeness (QED) is 0.526. The van der Waals surface area contributed by atoms with Crippen molar-refractivity contribution in [2.24, 2.45) is 10.5 Å². The molecule has 0 aliphatic carbocycles. The molecule has 1 atom stereocenters. The molecular formula is C8H15N3. The first kappa shape index (κ1) is 7.10. The van der Waals surface area contributed by atoms with Crippen LogP contribution in [-0.2, 0) is 0 Å². The monoisotopic (exact) mass is 153 g/mol. The third-order valence-electron chi connectivity index (χ3n) is 2.67. The highest BCUT2D eigenvalue weighted by Crippen LogP contribution is 2.28. The Balaban J connectivity index is 2.06. The molecule has 3 heteroatoms. The average Bonchev–Trinajstić information content (AvgIpc) is 2.07. The van der Waals surface area contributed by atoms with Crippen LogP contribution in [0, 0.1) is 5.41 Å². The highest BCUT2D eigenvalue weighted by molar-refractivity contribution is 5.66. The van der Waals surface area contributed by atoms with Gasteiger partial charge in [0.15, 0.2) is 0 Å². The van der Waals surface area contributed by atoms with Gasteiger partial charge in [0.05, 0.1) is 0 Å². The summed E-state index contributed by atoms with van der Waals surface area (Å²) >= 11 is 0. The van der Waals surface area contributed by atoms with Gasteiger partial charge in [-0.1, -0.05) is 0 Å². The summed E-state index contributed by atoms with van der Waals surface area (Å²) in [6.45, 7) is 3.35. The van der Waals surface area contributed by atoms with Gasteiger partial charge < -0.3 is 10.7 Å². The fraction of sp³-hybridized carbons (Fsp3) is 0.875. The summed E-state index contributed by atoms with van der Waals surface area (Å²) in [6, 6.07) is 0. The van der Waals surface area contributed by atoms with Crippen LogP contribution in [0.4, 0.5) is 0 Å². The molecule has 1 unspecified atom stereocenters. The Bertz CT molecular complexity index is 159. The van der Waals surface area contributed by atoms with E-state index in [1.165, 1.54) is 25.8 Å². The van der Waals surface area contributed by atoms with Gasteiger partial charge >= 0.3 is 0 Å². The molecule has 2 rings (SSSR count). The normalized spacial score (nSPS) is 37.1. The maximum absolute atomic E-state index is 4.14. The van der Waals surface area contributed by atoms with Gasteiger partial charge in [-0.3, -0.25) is 0 Å². The Morgan fingerprint density at radius 1 is 1.27 bits per heavy atom. The molecule has 0 saturated carbocycles. The Kier molecular flexibility index (Phi) is 1.82. The van der Waals surface area contributed by atoms with Gasteiger partial charge in [0, 0.05) is 24.7 Å². The van der Waals surface area contributed by atoms with Gasteiger partial charge in [0.1, 0.15) is 0 Å². The molecule has 0 radical (unpaired) electrons. The van der Waals surface area contributed by atoms with Gasteiger partial charge in [0.25, 0.3) is 0 Å². The smallest absolute Gasteiger partial charge is 0.0338 e. The highest BCUT2D eigenvalue weighted by atomic mass is 15.3. The van der Waals surface area contributed by atoms with Crippen molar-refractivity contribution in [2.45, 2.75) is 19.3 Å². The molecule has 0 bridgehead atoms. The van der Waals surface area contributed by atoms with Crippen LogP contribution < -0.4 is 10.7 Å². The molecule has 0 amide bonds. The fourth-order valence-electron chi connectivity index (χ4n) is 1.93.